The average Bonchev–Trinajstić information content (AvgIpc) is 2.50. The van der Waals surface area contributed by atoms with Gasteiger partial charge in [-0.25, -0.2) is 4.79 Å². The van der Waals surface area contributed by atoms with Gasteiger partial charge in [-0.05, 0) is 38.5 Å². The molecule has 9 heteroatoms. The van der Waals surface area contributed by atoms with Gasteiger partial charge in [0, 0.05) is 12.0 Å². The van der Waals surface area contributed by atoms with Crippen LogP contribution in [0.2, 0.25) is 0 Å². The summed E-state index contributed by atoms with van der Waals surface area (Å²) in [5, 5.41) is 13.3. The number of carboxylic acids is 1. The maximum Gasteiger partial charge on any atom is 0.408 e. The van der Waals surface area contributed by atoms with Crippen molar-refractivity contribution in [2.45, 2.75) is 38.8 Å². The zero-order valence-corrected chi connectivity index (χ0v) is 14.9. The summed E-state index contributed by atoms with van der Waals surface area (Å²) >= 11 is 0. The Morgan fingerprint density at radius 2 is 1.73 bits per heavy atom. The summed E-state index contributed by atoms with van der Waals surface area (Å²) in [5.41, 5.74) is 5.37. The molecule has 0 aliphatic carbocycles. The molecule has 0 saturated carbocycles. The number of benzene rings is 1. The Hall–Kier alpha value is -3.10. The van der Waals surface area contributed by atoms with E-state index >= 15 is 0 Å². The maximum absolute atomic E-state index is 12.2. The Labute approximate surface area is 150 Å². The number of nitrogens with one attached hydrogen (secondary N) is 2. The van der Waals surface area contributed by atoms with Crippen LogP contribution < -0.4 is 16.4 Å². The van der Waals surface area contributed by atoms with Gasteiger partial charge in [0.2, 0.25) is 11.8 Å². The minimum atomic E-state index is -1.21. The summed E-state index contributed by atoms with van der Waals surface area (Å²) in [6, 6.07) is 5.13. The summed E-state index contributed by atoms with van der Waals surface area (Å²) in [6.07, 6.45) is -0.731. The minimum Gasteiger partial charge on any atom is -0.480 e. The van der Waals surface area contributed by atoms with Crippen LogP contribution in [-0.4, -0.2) is 47.2 Å². The highest BCUT2D eigenvalue weighted by Crippen LogP contribution is 2.10. The molecular formula is C17H23N3O6. The van der Waals surface area contributed by atoms with E-state index in [4.69, 9.17) is 15.6 Å². The molecule has 0 saturated heterocycles. The Morgan fingerprint density at radius 1 is 1.15 bits per heavy atom. The zero-order chi connectivity index (χ0) is 19.9. The third kappa shape index (κ3) is 7.65. The van der Waals surface area contributed by atoms with Crippen LogP contribution in [0.1, 0.15) is 36.7 Å². The first-order valence-corrected chi connectivity index (χ1v) is 7.85. The number of primary amides is 1. The molecule has 1 unspecified atom stereocenters. The molecule has 26 heavy (non-hydrogen) atoms. The van der Waals surface area contributed by atoms with Crippen molar-refractivity contribution in [3.8, 4) is 0 Å². The van der Waals surface area contributed by atoms with Crippen molar-refractivity contribution >= 4 is 23.9 Å². The normalized spacial score (nSPS) is 12.0. The Bertz CT molecular complexity index is 679. The number of alkyl carbamates (subject to hydrolysis) is 1. The van der Waals surface area contributed by atoms with E-state index < -0.39 is 42.1 Å². The number of carboxylic acid groups (broad SMARTS) is 1. The first-order chi connectivity index (χ1) is 12.0. The molecular weight excluding hydrogens is 342 g/mol. The summed E-state index contributed by atoms with van der Waals surface area (Å²) in [6.45, 7) is 4.45. The molecule has 0 heterocycles. The number of nitrogens with two attached hydrogens (primary N) is 1. The number of hydrogen-bond acceptors (Lipinski definition) is 5. The second-order valence-corrected chi connectivity index (χ2v) is 6.58. The summed E-state index contributed by atoms with van der Waals surface area (Å²) < 4.78 is 5.12. The standard InChI is InChI=1S/C17H23N3O6/c1-17(2,3)26-16(25)20-12(15(24)19-9-13(21)22)8-10-4-6-11(7-5-10)14(18)23/h4-7,12H,8-9H2,1-3H3,(H2,18,23)(H,19,24)(H,20,25)(H,21,22). The van der Waals surface area contributed by atoms with Crippen LogP contribution in [0.4, 0.5) is 4.79 Å². The number of carbonyl (C=O) groups is 4. The highest BCUT2D eigenvalue weighted by atomic mass is 16.6. The number of carbonyl (C=O) groups excluding carboxylic acids is 3. The van der Waals surface area contributed by atoms with E-state index in [0.29, 0.717) is 11.1 Å². The van der Waals surface area contributed by atoms with Crippen LogP contribution in [0.3, 0.4) is 0 Å². The van der Waals surface area contributed by atoms with Gasteiger partial charge in [0.1, 0.15) is 18.2 Å². The maximum atomic E-state index is 12.2. The molecule has 1 rings (SSSR count). The molecule has 1 aromatic rings. The molecule has 0 aromatic heterocycles. The molecule has 0 radical (unpaired) electrons. The van der Waals surface area contributed by atoms with Gasteiger partial charge in [0.25, 0.3) is 0 Å². The van der Waals surface area contributed by atoms with Gasteiger partial charge in [0.05, 0.1) is 0 Å². The van der Waals surface area contributed by atoms with E-state index in [0.717, 1.165) is 0 Å². The monoisotopic (exact) mass is 365 g/mol. The van der Waals surface area contributed by atoms with Gasteiger partial charge in [-0.15, -0.1) is 0 Å². The van der Waals surface area contributed by atoms with Crippen molar-refractivity contribution in [2.24, 2.45) is 5.73 Å². The SMILES string of the molecule is CC(C)(C)OC(=O)NC(Cc1ccc(C(N)=O)cc1)C(=O)NCC(=O)O. The third-order valence-corrected chi connectivity index (χ3v) is 3.10. The topological polar surface area (TPSA) is 148 Å². The molecule has 1 aromatic carbocycles. The minimum absolute atomic E-state index is 0.0732. The van der Waals surface area contributed by atoms with E-state index in [1.807, 2.05) is 0 Å². The number of rotatable bonds is 7. The first kappa shape index (κ1) is 20.9. The molecule has 9 nitrogen and oxygen atoms in total. The van der Waals surface area contributed by atoms with E-state index in [1.54, 1.807) is 32.9 Å². The lowest BCUT2D eigenvalue weighted by molar-refractivity contribution is -0.138. The van der Waals surface area contributed by atoms with Crippen molar-refractivity contribution < 1.29 is 29.0 Å². The van der Waals surface area contributed by atoms with Gasteiger partial charge in [-0.3, -0.25) is 14.4 Å². The lowest BCUT2D eigenvalue weighted by Gasteiger charge is -2.23. The van der Waals surface area contributed by atoms with Gasteiger partial charge < -0.3 is 26.2 Å². The number of aliphatic carboxylic acids is 1. The summed E-state index contributed by atoms with van der Waals surface area (Å²) in [5.74, 6) is -2.46. The van der Waals surface area contributed by atoms with Crippen molar-refractivity contribution in [2.75, 3.05) is 6.54 Å². The van der Waals surface area contributed by atoms with Gasteiger partial charge in [0.15, 0.2) is 0 Å². The fraction of sp³-hybridized carbons (Fsp3) is 0.412. The van der Waals surface area contributed by atoms with Gasteiger partial charge >= 0.3 is 12.1 Å². The second kappa shape index (κ2) is 8.84. The quantitative estimate of drug-likeness (QED) is 0.550. The molecule has 0 aliphatic rings. The van der Waals surface area contributed by atoms with Crippen molar-refractivity contribution in [1.82, 2.24) is 10.6 Å². The van der Waals surface area contributed by atoms with Crippen LogP contribution >= 0.6 is 0 Å². The Balaban J connectivity index is 2.88. The fourth-order valence-electron chi connectivity index (χ4n) is 1.99. The molecule has 3 amide bonds. The number of hydrogen-bond donors (Lipinski definition) is 4. The predicted molar refractivity (Wildman–Crippen MR) is 92.5 cm³/mol. The zero-order valence-electron chi connectivity index (χ0n) is 14.9. The van der Waals surface area contributed by atoms with Crippen LogP contribution in [0.5, 0.6) is 0 Å². The Morgan fingerprint density at radius 3 is 2.19 bits per heavy atom. The van der Waals surface area contributed by atoms with Gasteiger partial charge in [-0.1, -0.05) is 12.1 Å². The van der Waals surface area contributed by atoms with Crippen LogP contribution in [0.25, 0.3) is 0 Å². The second-order valence-electron chi connectivity index (χ2n) is 6.58. The fourth-order valence-corrected chi connectivity index (χ4v) is 1.99. The molecule has 1 atom stereocenters. The van der Waals surface area contributed by atoms with Crippen LogP contribution in [-0.2, 0) is 20.7 Å². The molecule has 0 bridgehead atoms. The van der Waals surface area contributed by atoms with E-state index in [9.17, 15) is 19.2 Å². The molecule has 0 aliphatic heterocycles. The predicted octanol–water partition coefficient (Wildman–Crippen LogP) is 0.422. The summed E-state index contributed by atoms with van der Waals surface area (Å²) in [7, 11) is 0. The average molecular weight is 365 g/mol. The molecule has 142 valence electrons. The van der Waals surface area contributed by atoms with E-state index in [-0.39, 0.29) is 6.42 Å². The number of amides is 3. The van der Waals surface area contributed by atoms with Crippen molar-refractivity contribution in [3.05, 3.63) is 35.4 Å². The van der Waals surface area contributed by atoms with Crippen LogP contribution in [0.15, 0.2) is 24.3 Å². The van der Waals surface area contributed by atoms with E-state index in [2.05, 4.69) is 10.6 Å². The molecule has 0 spiro atoms. The largest absolute Gasteiger partial charge is 0.480 e. The third-order valence-electron chi connectivity index (χ3n) is 3.10. The molecule has 0 fully saturated rings. The highest BCUT2D eigenvalue weighted by Gasteiger charge is 2.25. The Kier molecular flexibility index (Phi) is 7.12. The summed E-state index contributed by atoms with van der Waals surface area (Å²) in [4.78, 5) is 45.9. The molecule has 5 N–H and O–H groups in total. The van der Waals surface area contributed by atoms with Crippen molar-refractivity contribution in [1.29, 1.82) is 0 Å². The van der Waals surface area contributed by atoms with Gasteiger partial charge in [-0.2, -0.15) is 0 Å². The lowest BCUT2D eigenvalue weighted by Crippen LogP contribution is -2.50. The lowest BCUT2D eigenvalue weighted by atomic mass is 10.0. The first-order valence-electron chi connectivity index (χ1n) is 7.85. The van der Waals surface area contributed by atoms with E-state index in [1.165, 1.54) is 12.1 Å². The number of ether oxygens (including phenoxy) is 1. The van der Waals surface area contributed by atoms with Crippen molar-refractivity contribution in [3.63, 3.8) is 0 Å². The highest BCUT2D eigenvalue weighted by molar-refractivity contribution is 5.92. The van der Waals surface area contributed by atoms with Crippen LogP contribution in [0, 0.1) is 0 Å². The smallest absolute Gasteiger partial charge is 0.408 e.